The van der Waals surface area contributed by atoms with Crippen LogP contribution in [0.1, 0.15) is 44.0 Å². The lowest BCUT2D eigenvalue weighted by atomic mass is 10.1. The second kappa shape index (κ2) is 7.62. The number of benzene rings is 2. The van der Waals surface area contributed by atoms with Gasteiger partial charge in [0.05, 0.1) is 6.21 Å². The average molecular weight is 359 g/mol. The van der Waals surface area contributed by atoms with Gasteiger partial charge in [-0.1, -0.05) is 29.8 Å². The second-order valence-electron chi connectivity index (χ2n) is 6.95. The smallest absolute Gasteiger partial charge is 0.271 e. The number of carbonyl (C=O) groups is 1. The molecule has 27 heavy (non-hydrogen) atoms. The van der Waals surface area contributed by atoms with Gasteiger partial charge in [-0.3, -0.25) is 4.79 Å². The van der Waals surface area contributed by atoms with Gasteiger partial charge in [-0.15, -0.1) is 0 Å². The molecule has 0 atom stereocenters. The molecule has 3 aromatic rings. The maximum Gasteiger partial charge on any atom is 0.271 e. The van der Waals surface area contributed by atoms with Gasteiger partial charge in [0.1, 0.15) is 0 Å². The summed E-state index contributed by atoms with van der Waals surface area (Å²) in [5, 5.41) is 4.16. The third-order valence-electron chi connectivity index (χ3n) is 4.94. The Bertz CT molecular complexity index is 1030. The second-order valence-corrected chi connectivity index (χ2v) is 6.95. The average Bonchev–Trinajstić information content (AvgIpc) is 2.91. The van der Waals surface area contributed by atoms with Gasteiger partial charge < -0.3 is 4.57 Å². The molecular formula is C23H25N3O. The molecular weight excluding hydrogens is 334 g/mol. The number of carbonyl (C=O) groups excluding carboxylic acids is 1. The highest BCUT2D eigenvalue weighted by molar-refractivity contribution is 5.95. The summed E-state index contributed by atoms with van der Waals surface area (Å²) in [6.07, 6.45) is 1.71. The van der Waals surface area contributed by atoms with E-state index < -0.39 is 0 Å². The molecule has 4 nitrogen and oxygen atoms in total. The van der Waals surface area contributed by atoms with E-state index in [4.69, 9.17) is 0 Å². The first-order valence-electron chi connectivity index (χ1n) is 9.04. The van der Waals surface area contributed by atoms with Crippen molar-refractivity contribution in [2.24, 2.45) is 5.10 Å². The van der Waals surface area contributed by atoms with Crippen molar-refractivity contribution in [3.63, 3.8) is 0 Å². The molecule has 0 aliphatic heterocycles. The first-order valence-corrected chi connectivity index (χ1v) is 9.04. The Morgan fingerprint density at radius 3 is 2.48 bits per heavy atom. The van der Waals surface area contributed by atoms with Crippen molar-refractivity contribution in [1.82, 2.24) is 9.99 Å². The zero-order chi connectivity index (χ0) is 19.6. The summed E-state index contributed by atoms with van der Waals surface area (Å²) in [5.74, 6) is -0.210. The van der Waals surface area contributed by atoms with Gasteiger partial charge >= 0.3 is 0 Å². The van der Waals surface area contributed by atoms with E-state index in [1.165, 1.54) is 16.8 Å². The van der Waals surface area contributed by atoms with Gasteiger partial charge in [0.15, 0.2) is 0 Å². The highest BCUT2D eigenvalue weighted by atomic mass is 16.2. The third kappa shape index (κ3) is 3.85. The molecule has 1 heterocycles. The Kier molecular flexibility index (Phi) is 5.26. The van der Waals surface area contributed by atoms with Gasteiger partial charge in [-0.05, 0) is 70.0 Å². The molecule has 3 rings (SSSR count). The molecule has 0 aliphatic rings. The van der Waals surface area contributed by atoms with Crippen molar-refractivity contribution >= 4 is 12.1 Å². The van der Waals surface area contributed by atoms with Crippen LogP contribution in [-0.4, -0.2) is 16.7 Å². The number of amides is 1. The molecule has 0 fully saturated rings. The minimum atomic E-state index is -0.210. The van der Waals surface area contributed by atoms with E-state index in [1.54, 1.807) is 12.3 Å². The maximum absolute atomic E-state index is 12.2. The predicted molar refractivity (Wildman–Crippen MR) is 111 cm³/mol. The Hall–Kier alpha value is -3.14. The summed E-state index contributed by atoms with van der Waals surface area (Å²) in [5.41, 5.74) is 11.2. The molecule has 2 aromatic carbocycles. The molecule has 1 amide bonds. The molecule has 1 N–H and O–H groups in total. The van der Waals surface area contributed by atoms with E-state index in [1.807, 2.05) is 25.1 Å². The third-order valence-corrected chi connectivity index (χ3v) is 4.94. The predicted octanol–water partition coefficient (Wildman–Crippen LogP) is 4.78. The molecule has 0 unspecified atom stereocenters. The number of hydrogen-bond donors (Lipinski definition) is 1. The number of rotatable bonds is 4. The summed E-state index contributed by atoms with van der Waals surface area (Å²) in [4.78, 5) is 12.2. The van der Waals surface area contributed by atoms with E-state index >= 15 is 0 Å². The Labute approximate surface area is 160 Å². The van der Waals surface area contributed by atoms with Crippen molar-refractivity contribution in [3.05, 3.63) is 87.7 Å². The highest BCUT2D eigenvalue weighted by Crippen LogP contribution is 2.24. The Balaban J connectivity index is 1.83. The van der Waals surface area contributed by atoms with Gasteiger partial charge in [0.2, 0.25) is 0 Å². The van der Waals surface area contributed by atoms with Crippen molar-refractivity contribution in [2.45, 2.75) is 34.6 Å². The maximum atomic E-state index is 12.2. The van der Waals surface area contributed by atoms with E-state index in [-0.39, 0.29) is 5.91 Å². The Morgan fingerprint density at radius 2 is 1.74 bits per heavy atom. The SMILES string of the molecule is Cc1cccc(C(=O)N/N=C\c2cc(C)n(-c3cccc(C)c3C)c2C)c1. The zero-order valence-corrected chi connectivity index (χ0v) is 16.5. The first-order chi connectivity index (χ1) is 12.9. The van der Waals surface area contributed by atoms with Crippen LogP contribution < -0.4 is 5.43 Å². The van der Waals surface area contributed by atoms with Gasteiger partial charge in [0.25, 0.3) is 5.91 Å². The summed E-state index contributed by atoms with van der Waals surface area (Å²) < 4.78 is 2.23. The lowest BCUT2D eigenvalue weighted by Crippen LogP contribution is -2.17. The van der Waals surface area contributed by atoms with Crippen molar-refractivity contribution in [2.75, 3.05) is 0 Å². The quantitative estimate of drug-likeness (QED) is 0.529. The number of hydrogen-bond acceptors (Lipinski definition) is 2. The topological polar surface area (TPSA) is 46.4 Å². The van der Waals surface area contributed by atoms with Crippen LogP contribution in [0.5, 0.6) is 0 Å². The molecule has 0 saturated carbocycles. The fourth-order valence-corrected chi connectivity index (χ4v) is 3.28. The minimum Gasteiger partial charge on any atom is -0.318 e. The van der Waals surface area contributed by atoms with Crippen molar-refractivity contribution in [1.29, 1.82) is 0 Å². The van der Waals surface area contributed by atoms with Gasteiger partial charge in [0, 0.05) is 28.2 Å². The monoisotopic (exact) mass is 359 g/mol. The molecule has 0 aliphatic carbocycles. The standard InChI is InChI=1S/C23H25N3O/c1-15-8-6-10-20(12-15)23(27)25-24-14-21-13-17(3)26(19(21)5)22-11-7-9-16(2)18(22)4/h6-14H,1-5H3,(H,25,27)/b24-14-. The first kappa shape index (κ1) is 18.6. The van der Waals surface area contributed by atoms with Crippen LogP contribution >= 0.6 is 0 Å². The molecule has 0 spiro atoms. The van der Waals surface area contributed by atoms with Crippen LogP contribution in [0.2, 0.25) is 0 Å². The summed E-state index contributed by atoms with van der Waals surface area (Å²) in [7, 11) is 0. The lowest BCUT2D eigenvalue weighted by molar-refractivity contribution is 0.0955. The fourth-order valence-electron chi connectivity index (χ4n) is 3.28. The summed E-state index contributed by atoms with van der Waals surface area (Å²) >= 11 is 0. The number of aryl methyl sites for hydroxylation is 3. The zero-order valence-electron chi connectivity index (χ0n) is 16.5. The molecule has 1 aromatic heterocycles. The largest absolute Gasteiger partial charge is 0.318 e. The van der Waals surface area contributed by atoms with Crippen LogP contribution in [-0.2, 0) is 0 Å². The molecule has 138 valence electrons. The van der Waals surface area contributed by atoms with Crippen LogP contribution in [0, 0.1) is 34.6 Å². The van der Waals surface area contributed by atoms with Gasteiger partial charge in [-0.2, -0.15) is 5.10 Å². The van der Waals surface area contributed by atoms with Crippen LogP contribution in [0.3, 0.4) is 0 Å². The van der Waals surface area contributed by atoms with Gasteiger partial charge in [-0.25, -0.2) is 5.43 Å². The Morgan fingerprint density at radius 1 is 1.00 bits per heavy atom. The summed E-state index contributed by atoms with van der Waals surface area (Å²) in [6, 6.07) is 15.9. The minimum absolute atomic E-state index is 0.210. The lowest BCUT2D eigenvalue weighted by Gasteiger charge is -2.14. The molecule has 0 radical (unpaired) electrons. The van der Waals surface area contributed by atoms with Crippen LogP contribution in [0.25, 0.3) is 5.69 Å². The molecule has 0 saturated heterocycles. The molecule has 4 heteroatoms. The number of hydrazone groups is 1. The normalized spacial score (nSPS) is 11.1. The number of nitrogens with zero attached hydrogens (tertiary/aromatic N) is 2. The number of nitrogens with one attached hydrogen (secondary N) is 1. The number of aromatic nitrogens is 1. The highest BCUT2D eigenvalue weighted by Gasteiger charge is 2.12. The van der Waals surface area contributed by atoms with E-state index in [2.05, 4.69) is 67.1 Å². The van der Waals surface area contributed by atoms with Crippen molar-refractivity contribution in [3.8, 4) is 5.69 Å². The van der Waals surface area contributed by atoms with E-state index in [9.17, 15) is 4.79 Å². The van der Waals surface area contributed by atoms with Crippen LogP contribution in [0.15, 0.2) is 53.6 Å². The van der Waals surface area contributed by atoms with E-state index in [0.717, 1.165) is 22.5 Å². The van der Waals surface area contributed by atoms with E-state index in [0.29, 0.717) is 5.56 Å². The summed E-state index contributed by atoms with van der Waals surface area (Å²) in [6.45, 7) is 10.4. The molecule has 0 bridgehead atoms. The fraction of sp³-hybridized carbons (Fsp3) is 0.217. The van der Waals surface area contributed by atoms with Crippen molar-refractivity contribution < 1.29 is 4.79 Å². The van der Waals surface area contributed by atoms with Crippen LogP contribution in [0.4, 0.5) is 0 Å².